The zero-order valence-electron chi connectivity index (χ0n) is 32.7. The minimum atomic E-state index is 0.490. The zero-order chi connectivity index (χ0) is 36.3. The lowest BCUT2D eigenvalue weighted by molar-refractivity contribution is -0.106. The highest BCUT2D eigenvalue weighted by molar-refractivity contribution is 5.81. The van der Waals surface area contributed by atoms with Gasteiger partial charge in [-0.1, -0.05) is 90.7 Å². The van der Waals surface area contributed by atoms with E-state index < -0.39 is 0 Å². The predicted octanol–water partition coefficient (Wildman–Crippen LogP) is 11.6. The number of aromatic amines is 1. The lowest BCUT2D eigenvalue weighted by Gasteiger charge is -2.18. The molecule has 1 N–H and O–H groups in total. The average Bonchev–Trinajstić information content (AvgIpc) is 3.79. The van der Waals surface area contributed by atoms with Crippen LogP contribution in [0, 0.1) is 12.8 Å². The molecule has 3 atom stereocenters. The standard InChI is InChI=1S/C26H34N4.C10H22O.C4H10.C2H4O/c1-6-7-26(23-9-8-22(14-19(2)3)20(4)15-23)27-12-10-21(5)30-13-11-24(18-30)25-16-28-29-17-25;1-5-9(3)7-8-10(6-2)11-4;1-3-4-2;1-2-3/h7-10,12,14-17,24H,6,11,13,18H2,1-5H3,(H,28,29);9-10H,5-8H2,1-4H3;3-4H2,1-2H3;2H,1H3/b21-10+,26-7+,27-12+;;;. The number of H-pyrrole nitrogens is 1. The third kappa shape index (κ3) is 18.9. The molecule has 0 radical (unpaired) electrons. The number of hydrogen-bond donors (Lipinski definition) is 1. The summed E-state index contributed by atoms with van der Waals surface area (Å²) in [7, 11) is 1.81. The van der Waals surface area contributed by atoms with Crippen LogP contribution < -0.4 is 0 Å². The monoisotopic (exact) mass is 663 g/mol. The number of allylic oxidation sites excluding steroid dienone is 4. The molecule has 0 bridgehead atoms. The van der Waals surface area contributed by atoms with E-state index in [1.165, 1.54) is 79.0 Å². The summed E-state index contributed by atoms with van der Waals surface area (Å²) in [5.41, 5.74) is 8.63. The lowest BCUT2D eigenvalue weighted by Crippen LogP contribution is -2.18. The molecule has 1 aromatic heterocycles. The molecule has 0 saturated carbocycles. The molecular formula is C42H70N4O2. The fourth-order valence-corrected chi connectivity index (χ4v) is 5.08. The van der Waals surface area contributed by atoms with Crippen molar-refractivity contribution in [3.8, 4) is 0 Å². The number of benzene rings is 1. The maximum atomic E-state index is 8.81. The Labute approximate surface area is 295 Å². The van der Waals surface area contributed by atoms with E-state index >= 15 is 0 Å². The van der Waals surface area contributed by atoms with E-state index in [0.29, 0.717) is 12.0 Å². The number of aromatic nitrogens is 2. The van der Waals surface area contributed by atoms with Crippen molar-refractivity contribution >= 4 is 24.3 Å². The summed E-state index contributed by atoms with van der Waals surface area (Å²) in [4.78, 5) is 16.0. The van der Waals surface area contributed by atoms with Crippen molar-refractivity contribution in [2.75, 3.05) is 20.2 Å². The maximum Gasteiger partial charge on any atom is 0.116 e. The molecule has 1 aromatic carbocycles. The van der Waals surface area contributed by atoms with Gasteiger partial charge in [-0.25, -0.2) is 0 Å². The van der Waals surface area contributed by atoms with Gasteiger partial charge in [0.1, 0.15) is 6.29 Å². The second-order valence-corrected chi connectivity index (χ2v) is 12.9. The lowest BCUT2D eigenvalue weighted by atomic mass is 10.00. The molecule has 3 unspecified atom stereocenters. The van der Waals surface area contributed by atoms with Crippen molar-refractivity contribution in [1.82, 2.24) is 15.1 Å². The molecule has 3 rings (SSSR count). The number of nitrogens with zero attached hydrogens (tertiary/aromatic N) is 3. The number of unbranched alkanes of at least 4 members (excludes halogenated alkanes) is 1. The second-order valence-electron chi connectivity index (χ2n) is 12.9. The fourth-order valence-electron chi connectivity index (χ4n) is 5.08. The van der Waals surface area contributed by atoms with Crippen molar-refractivity contribution in [3.05, 3.63) is 76.3 Å². The summed E-state index contributed by atoms with van der Waals surface area (Å²) in [6, 6.07) is 6.60. The third-order valence-corrected chi connectivity index (χ3v) is 8.58. The van der Waals surface area contributed by atoms with Crippen LogP contribution in [-0.2, 0) is 9.53 Å². The molecule has 1 aliphatic heterocycles. The van der Waals surface area contributed by atoms with Gasteiger partial charge in [0.05, 0.1) is 18.0 Å². The van der Waals surface area contributed by atoms with E-state index in [4.69, 9.17) is 14.5 Å². The quantitative estimate of drug-likeness (QED) is 0.161. The number of likely N-dealkylation sites (tertiary alicyclic amines) is 1. The van der Waals surface area contributed by atoms with E-state index in [1.54, 1.807) is 0 Å². The normalized spacial score (nSPS) is 15.8. The van der Waals surface area contributed by atoms with Gasteiger partial charge in [0, 0.05) is 49.8 Å². The Morgan fingerprint density at radius 1 is 1.10 bits per heavy atom. The fraction of sp³-hybridized carbons (Fsp3) is 0.595. The van der Waals surface area contributed by atoms with Crippen LogP contribution in [0.15, 0.2) is 59.0 Å². The number of methoxy groups -OCH3 is 1. The molecule has 6 nitrogen and oxygen atoms in total. The molecule has 1 saturated heterocycles. The maximum absolute atomic E-state index is 8.81. The van der Waals surface area contributed by atoms with E-state index in [-0.39, 0.29) is 0 Å². The van der Waals surface area contributed by atoms with Gasteiger partial charge in [0.15, 0.2) is 0 Å². The smallest absolute Gasteiger partial charge is 0.116 e. The summed E-state index contributed by atoms with van der Waals surface area (Å²) in [5, 5.41) is 7.02. The Kier molecular flexibility index (Phi) is 25.8. The Bertz CT molecular complexity index is 1220. The van der Waals surface area contributed by atoms with Gasteiger partial charge in [0.2, 0.25) is 0 Å². The molecule has 48 heavy (non-hydrogen) atoms. The van der Waals surface area contributed by atoms with Gasteiger partial charge < -0.3 is 14.4 Å². The molecule has 270 valence electrons. The summed E-state index contributed by atoms with van der Waals surface area (Å²) in [6.45, 7) is 25.4. The zero-order valence-corrected chi connectivity index (χ0v) is 32.7. The predicted molar refractivity (Wildman–Crippen MR) is 211 cm³/mol. The Morgan fingerprint density at radius 2 is 1.79 bits per heavy atom. The third-order valence-electron chi connectivity index (χ3n) is 8.58. The highest BCUT2D eigenvalue weighted by Gasteiger charge is 2.24. The average molecular weight is 663 g/mol. The first kappa shape index (κ1) is 44.8. The van der Waals surface area contributed by atoms with Crippen LogP contribution in [0.2, 0.25) is 0 Å². The minimum absolute atomic E-state index is 0.490. The van der Waals surface area contributed by atoms with Crippen LogP contribution in [0.25, 0.3) is 11.8 Å². The first-order chi connectivity index (χ1) is 23.0. The Hall–Kier alpha value is -3.25. The Balaban J connectivity index is 0.00000102. The molecule has 0 aliphatic carbocycles. The molecule has 6 heteroatoms. The molecule has 2 heterocycles. The first-order valence-electron chi connectivity index (χ1n) is 18.4. The number of aliphatic imine (C=N–C) groups is 1. The summed E-state index contributed by atoms with van der Waals surface area (Å²) < 4.78 is 5.29. The highest BCUT2D eigenvalue weighted by atomic mass is 16.5. The second kappa shape index (κ2) is 27.7. The van der Waals surface area contributed by atoms with Crippen molar-refractivity contribution in [3.63, 3.8) is 0 Å². The largest absolute Gasteiger partial charge is 0.381 e. The van der Waals surface area contributed by atoms with Gasteiger partial charge in [0.25, 0.3) is 0 Å². The van der Waals surface area contributed by atoms with Crippen molar-refractivity contribution < 1.29 is 9.53 Å². The van der Waals surface area contributed by atoms with Gasteiger partial charge >= 0.3 is 0 Å². The molecule has 2 aromatic rings. The van der Waals surface area contributed by atoms with Crippen molar-refractivity contribution in [2.45, 2.75) is 140 Å². The number of nitrogens with one attached hydrogen (secondary N) is 1. The minimum Gasteiger partial charge on any atom is -0.381 e. The molecule has 0 spiro atoms. The molecule has 1 aliphatic rings. The number of aldehydes is 1. The summed E-state index contributed by atoms with van der Waals surface area (Å²) in [5.74, 6) is 1.42. The molecule has 1 fully saturated rings. The number of aryl methyl sites for hydroxylation is 1. The van der Waals surface area contributed by atoms with Crippen LogP contribution in [0.4, 0.5) is 0 Å². The summed E-state index contributed by atoms with van der Waals surface area (Å²) in [6.07, 6.45) is 23.4. The van der Waals surface area contributed by atoms with Gasteiger partial charge in [-0.05, 0) is 101 Å². The van der Waals surface area contributed by atoms with Crippen LogP contribution in [0.1, 0.15) is 149 Å². The van der Waals surface area contributed by atoms with Gasteiger partial charge in [-0.3, -0.25) is 10.1 Å². The topological polar surface area (TPSA) is 70.6 Å². The van der Waals surface area contributed by atoms with Gasteiger partial charge in [-0.15, -0.1) is 0 Å². The Morgan fingerprint density at radius 3 is 2.29 bits per heavy atom. The van der Waals surface area contributed by atoms with E-state index in [9.17, 15) is 0 Å². The van der Waals surface area contributed by atoms with Crippen LogP contribution in [-0.4, -0.2) is 53.9 Å². The first-order valence-corrected chi connectivity index (χ1v) is 18.4. The number of hydrogen-bond acceptors (Lipinski definition) is 5. The van der Waals surface area contributed by atoms with E-state index in [2.05, 4.69) is 121 Å². The van der Waals surface area contributed by atoms with E-state index in [0.717, 1.165) is 43.8 Å². The molecular weight excluding hydrogens is 592 g/mol. The van der Waals surface area contributed by atoms with E-state index in [1.807, 2.05) is 25.7 Å². The van der Waals surface area contributed by atoms with Crippen LogP contribution in [0.3, 0.4) is 0 Å². The van der Waals surface area contributed by atoms with Crippen LogP contribution in [0.5, 0.6) is 0 Å². The summed E-state index contributed by atoms with van der Waals surface area (Å²) >= 11 is 0. The number of carbonyl (C=O) groups excluding carboxylic acids is 1. The number of carbonyl (C=O) groups is 1. The number of ether oxygens (including phenoxy) is 1. The van der Waals surface area contributed by atoms with Crippen molar-refractivity contribution in [2.24, 2.45) is 10.9 Å². The number of rotatable bonds is 14. The SMILES string of the molecule is CC/C=C(/N=C/C=C(\C)N1CCC(c2cn[nH]c2)C1)c1ccc(C=C(C)C)c(C)c1.CC=O.CCC(C)CCC(CC)OC.CCCC. The van der Waals surface area contributed by atoms with Crippen molar-refractivity contribution in [1.29, 1.82) is 0 Å². The molecule has 0 amide bonds. The highest BCUT2D eigenvalue weighted by Crippen LogP contribution is 2.28. The van der Waals surface area contributed by atoms with Crippen LogP contribution >= 0.6 is 0 Å². The van der Waals surface area contributed by atoms with Gasteiger partial charge in [-0.2, -0.15) is 5.10 Å².